The van der Waals surface area contributed by atoms with Crippen molar-refractivity contribution in [1.82, 2.24) is 0 Å². The van der Waals surface area contributed by atoms with Gasteiger partial charge in [0.15, 0.2) is 0 Å². The van der Waals surface area contributed by atoms with Crippen molar-refractivity contribution in [2.24, 2.45) is 5.92 Å². The molecule has 0 amide bonds. The number of nitrogen functional groups attached to an aromatic ring is 1. The summed E-state index contributed by atoms with van der Waals surface area (Å²) >= 11 is 0. The lowest BCUT2D eigenvalue weighted by atomic mass is 9.83. The quantitative estimate of drug-likeness (QED) is 0.775. The molecular formula is C16H26N2. The SMILES string of the molecule is CCCC1CCC(Nc2ccc(N)c(C)c2)CC1. The zero-order valence-corrected chi connectivity index (χ0v) is 11.7. The van der Waals surface area contributed by atoms with Gasteiger partial charge in [0.2, 0.25) is 0 Å². The van der Waals surface area contributed by atoms with Crippen LogP contribution in [-0.4, -0.2) is 6.04 Å². The molecule has 1 aliphatic rings. The van der Waals surface area contributed by atoms with Crippen LogP contribution < -0.4 is 11.1 Å². The molecule has 100 valence electrons. The second kappa shape index (κ2) is 6.12. The molecule has 0 radical (unpaired) electrons. The van der Waals surface area contributed by atoms with Crippen molar-refractivity contribution < 1.29 is 0 Å². The van der Waals surface area contributed by atoms with Gasteiger partial charge in [-0.25, -0.2) is 0 Å². The molecule has 1 saturated carbocycles. The maximum atomic E-state index is 5.85. The van der Waals surface area contributed by atoms with E-state index in [1.807, 2.05) is 6.07 Å². The standard InChI is InChI=1S/C16H26N2/c1-3-4-13-5-7-14(8-6-13)18-15-9-10-16(17)12(2)11-15/h9-11,13-14,18H,3-8,17H2,1-2H3. The lowest BCUT2D eigenvalue weighted by Gasteiger charge is -2.29. The molecule has 2 nitrogen and oxygen atoms in total. The van der Waals surface area contributed by atoms with E-state index >= 15 is 0 Å². The summed E-state index contributed by atoms with van der Waals surface area (Å²) in [4.78, 5) is 0. The Morgan fingerprint density at radius 3 is 2.56 bits per heavy atom. The molecule has 0 saturated heterocycles. The highest BCUT2D eigenvalue weighted by Gasteiger charge is 2.20. The van der Waals surface area contributed by atoms with E-state index in [4.69, 9.17) is 5.73 Å². The third-order valence-corrected chi connectivity index (χ3v) is 4.18. The van der Waals surface area contributed by atoms with Gasteiger partial charge in [-0.3, -0.25) is 0 Å². The summed E-state index contributed by atoms with van der Waals surface area (Å²) in [5.74, 6) is 0.973. The van der Waals surface area contributed by atoms with E-state index in [9.17, 15) is 0 Å². The van der Waals surface area contributed by atoms with Crippen LogP contribution in [0.4, 0.5) is 11.4 Å². The number of aryl methyl sites for hydroxylation is 1. The van der Waals surface area contributed by atoms with Crippen molar-refractivity contribution in [2.45, 2.75) is 58.4 Å². The van der Waals surface area contributed by atoms with Crippen LogP contribution in [0.2, 0.25) is 0 Å². The van der Waals surface area contributed by atoms with Crippen LogP contribution in [-0.2, 0) is 0 Å². The zero-order valence-electron chi connectivity index (χ0n) is 11.7. The predicted octanol–water partition coefficient (Wildman–Crippen LogP) is 4.35. The number of benzene rings is 1. The first kappa shape index (κ1) is 13.3. The molecule has 18 heavy (non-hydrogen) atoms. The summed E-state index contributed by atoms with van der Waals surface area (Å²) in [6.45, 7) is 4.36. The van der Waals surface area contributed by atoms with Crippen molar-refractivity contribution in [3.05, 3.63) is 23.8 Å². The number of hydrogen-bond acceptors (Lipinski definition) is 2. The van der Waals surface area contributed by atoms with Gasteiger partial charge in [-0.05, 0) is 62.3 Å². The van der Waals surface area contributed by atoms with Gasteiger partial charge >= 0.3 is 0 Å². The van der Waals surface area contributed by atoms with Crippen molar-refractivity contribution >= 4 is 11.4 Å². The fourth-order valence-corrected chi connectivity index (χ4v) is 3.00. The van der Waals surface area contributed by atoms with Crippen LogP contribution in [0.5, 0.6) is 0 Å². The Kier molecular flexibility index (Phi) is 4.51. The second-order valence-corrected chi connectivity index (χ2v) is 5.72. The Morgan fingerprint density at radius 2 is 1.94 bits per heavy atom. The van der Waals surface area contributed by atoms with Gasteiger partial charge in [0, 0.05) is 17.4 Å². The lowest BCUT2D eigenvalue weighted by molar-refractivity contribution is 0.319. The molecule has 2 rings (SSSR count). The van der Waals surface area contributed by atoms with E-state index in [1.165, 1.54) is 49.8 Å². The number of anilines is 2. The normalized spacial score (nSPS) is 23.9. The van der Waals surface area contributed by atoms with Gasteiger partial charge in [0.1, 0.15) is 0 Å². The molecule has 0 aliphatic heterocycles. The van der Waals surface area contributed by atoms with Gasteiger partial charge < -0.3 is 11.1 Å². The monoisotopic (exact) mass is 246 g/mol. The van der Waals surface area contributed by atoms with E-state index in [0.29, 0.717) is 6.04 Å². The third-order valence-electron chi connectivity index (χ3n) is 4.18. The van der Waals surface area contributed by atoms with E-state index in [0.717, 1.165) is 11.6 Å². The first-order valence-electron chi connectivity index (χ1n) is 7.31. The average molecular weight is 246 g/mol. The molecule has 3 N–H and O–H groups in total. The fraction of sp³-hybridized carbons (Fsp3) is 0.625. The van der Waals surface area contributed by atoms with Gasteiger partial charge in [0.05, 0.1) is 0 Å². The van der Waals surface area contributed by atoms with Gasteiger partial charge in [-0.15, -0.1) is 0 Å². The Labute approximate surface area is 111 Å². The highest BCUT2D eigenvalue weighted by Crippen LogP contribution is 2.29. The average Bonchev–Trinajstić information content (AvgIpc) is 2.37. The van der Waals surface area contributed by atoms with Crippen LogP contribution >= 0.6 is 0 Å². The molecule has 0 unspecified atom stereocenters. The summed E-state index contributed by atoms with van der Waals surface area (Å²) in [6.07, 6.45) is 8.15. The number of hydrogen-bond donors (Lipinski definition) is 2. The van der Waals surface area contributed by atoms with Crippen molar-refractivity contribution in [2.75, 3.05) is 11.1 Å². The van der Waals surface area contributed by atoms with E-state index in [-0.39, 0.29) is 0 Å². The van der Waals surface area contributed by atoms with Gasteiger partial charge in [-0.1, -0.05) is 19.8 Å². The molecule has 1 aromatic rings. The van der Waals surface area contributed by atoms with Crippen LogP contribution in [0.3, 0.4) is 0 Å². The summed E-state index contributed by atoms with van der Waals surface area (Å²) in [6, 6.07) is 6.91. The summed E-state index contributed by atoms with van der Waals surface area (Å²) in [7, 11) is 0. The first-order chi connectivity index (χ1) is 8.69. The fourth-order valence-electron chi connectivity index (χ4n) is 3.00. The molecular weight excluding hydrogens is 220 g/mol. The highest BCUT2D eigenvalue weighted by molar-refractivity contribution is 5.57. The molecule has 0 heterocycles. The molecule has 0 bridgehead atoms. The summed E-state index contributed by atoms with van der Waals surface area (Å²) in [5.41, 5.74) is 9.12. The van der Waals surface area contributed by atoms with Gasteiger partial charge in [0.25, 0.3) is 0 Å². The largest absolute Gasteiger partial charge is 0.399 e. The van der Waals surface area contributed by atoms with Crippen molar-refractivity contribution in [1.29, 1.82) is 0 Å². The molecule has 0 spiro atoms. The number of nitrogens with two attached hydrogens (primary N) is 1. The highest BCUT2D eigenvalue weighted by atomic mass is 14.9. The minimum Gasteiger partial charge on any atom is -0.399 e. The van der Waals surface area contributed by atoms with E-state index in [1.54, 1.807) is 0 Å². The predicted molar refractivity (Wildman–Crippen MR) is 79.9 cm³/mol. The Hall–Kier alpha value is -1.18. The summed E-state index contributed by atoms with van der Waals surface area (Å²) < 4.78 is 0. The third kappa shape index (κ3) is 3.41. The summed E-state index contributed by atoms with van der Waals surface area (Å²) in [5, 5.41) is 3.66. The van der Waals surface area contributed by atoms with Crippen LogP contribution in [0.15, 0.2) is 18.2 Å². The van der Waals surface area contributed by atoms with Crippen LogP contribution in [0, 0.1) is 12.8 Å². The molecule has 1 aliphatic carbocycles. The Morgan fingerprint density at radius 1 is 1.22 bits per heavy atom. The molecule has 0 atom stereocenters. The van der Waals surface area contributed by atoms with E-state index < -0.39 is 0 Å². The number of nitrogens with one attached hydrogen (secondary N) is 1. The van der Waals surface area contributed by atoms with Crippen LogP contribution in [0.1, 0.15) is 51.0 Å². The minimum absolute atomic E-state index is 0.654. The Balaban J connectivity index is 1.85. The van der Waals surface area contributed by atoms with Crippen LogP contribution in [0.25, 0.3) is 0 Å². The topological polar surface area (TPSA) is 38.0 Å². The molecule has 0 aromatic heterocycles. The first-order valence-corrected chi connectivity index (χ1v) is 7.31. The smallest absolute Gasteiger partial charge is 0.0346 e. The molecule has 2 heteroatoms. The lowest BCUT2D eigenvalue weighted by Crippen LogP contribution is -2.26. The van der Waals surface area contributed by atoms with Crippen molar-refractivity contribution in [3.8, 4) is 0 Å². The molecule has 1 fully saturated rings. The van der Waals surface area contributed by atoms with E-state index in [2.05, 4.69) is 31.3 Å². The number of rotatable bonds is 4. The minimum atomic E-state index is 0.654. The maximum absolute atomic E-state index is 5.85. The maximum Gasteiger partial charge on any atom is 0.0346 e. The van der Waals surface area contributed by atoms with Crippen molar-refractivity contribution in [3.63, 3.8) is 0 Å². The second-order valence-electron chi connectivity index (χ2n) is 5.72. The Bertz CT molecular complexity index is 379. The molecule has 1 aromatic carbocycles. The van der Waals surface area contributed by atoms with Gasteiger partial charge in [-0.2, -0.15) is 0 Å². The zero-order chi connectivity index (χ0) is 13.0.